The number of hydrogen-bond acceptors (Lipinski definition) is 5. The van der Waals surface area contributed by atoms with E-state index in [0.717, 1.165) is 23.5 Å². The highest BCUT2D eigenvalue weighted by Gasteiger charge is 2.14. The van der Waals surface area contributed by atoms with Gasteiger partial charge in [-0.1, -0.05) is 11.2 Å². The smallest absolute Gasteiger partial charge is 0.230 e. The molecule has 2 aromatic rings. The molecule has 21 heavy (non-hydrogen) atoms. The molecule has 0 aliphatic heterocycles. The van der Waals surface area contributed by atoms with Crippen LogP contribution >= 0.6 is 11.3 Å². The number of nitrogens with zero attached hydrogens (tertiary/aromatic N) is 2. The van der Waals surface area contributed by atoms with Crippen LogP contribution in [-0.4, -0.2) is 21.8 Å². The molecule has 0 unspecified atom stereocenters. The van der Waals surface area contributed by atoms with Crippen LogP contribution in [0.2, 0.25) is 0 Å². The number of amides is 1. The third-order valence-electron chi connectivity index (χ3n) is 2.67. The molecule has 1 heterocycles. The summed E-state index contributed by atoms with van der Waals surface area (Å²) >= 11 is 1.12. The van der Waals surface area contributed by atoms with Crippen molar-refractivity contribution in [2.75, 3.05) is 5.32 Å². The number of oxime groups is 1. The van der Waals surface area contributed by atoms with Gasteiger partial charge in [0.25, 0.3) is 0 Å². The number of rotatable bonds is 4. The number of carbonyl (C=O) groups is 1. The van der Waals surface area contributed by atoms with E-state index < -0.39 is 24.0 Å². The molecular weight excluding hydrogens is 300 g/mol. The standard InChI is InChI=1S/C13H11F2N3O2S/c1-7(18-20)11-6-21-13(16-11)17-12(19)5-8-9(14)3-2-4-10(8)15/h2-4,6,20H,5H2,1H3,(H,16,17,19)/b18-7-. The summed E-state index contributed by atoms with van der Waals surface area (Å²) < 4.78 is 26.9. The Balaban J connectivity index is 2.07. The van der Waals surface area contributed by atoms with E-state index in [2.05, 4.69) is 15.5 Å². The maximum atomic E-state index is 13.4. The fraction of sp³-hybridized carbons (Fsp3) is 0.154. The molecule has 0 aliphatic rings. The zero-order chi connectivity index (χ0) is 15.4. The van der Waals surface area contributed by atoms with Crippen molar-refractivity contribution in [1.29, 1.82) is 0 Å². The Morgan fingerprint density at radius 2 is 2.10 bits per heavy atom. The SMILES string of the molecule is C/C(=N/O)c1csc(NC(=O)Cc2c(F)cccc2F)n1. The Kier molecular flexibility index (Phi) is 4.59. The number of carbonyl (C=O) groups excluding carboxylic acids is 1. The molecule has 0 atom stereocenters. The first-order chi connectivity index (χ1) is 10.0. The molecule has 0 fully saturated rings. The van der Waals surface area contributed by atoms with Crippen LogP contribution in [0.15, 0.2) is 28.7 Å². The molecule has 1 aromatic carbocycles. The average molecular weight is 311 g/mol. The van der Waals surface area contributed by atoms with Gasteiger partial charge in [0.15, 0.2) is 5.13 Å². The number of halogens is 2. The zero-order valence-corrected chi connectivity index (χ0v) is 11.7. The van der Waals surface area contributed by atoms with Crippen molar-refractivity contribution < 1.29 is 18.8 Å². The van der Waals surface area contributed by atoms with Gasteiger partial charge in [-0.25, -0.2) is 13.8 Å². The second-order valence-corrected chi connectivity index (χ2v) is 5.01. The third-order valence-corrected chi connectivity index (χ3v) is 3.43. The van der Waals surface area contributed by atoms with E-state index >= 15 is 0 Å². The first-order valence-corrected chi connectivity index (χ1v) is 6.76. The topological polar surface area (TPSA) is 74.6 Å². The van der Waals surface area contributed by atoms with Gasteiger partial charge in [-0.3, -0.25) is 4.79 Å². The lowest BCUT2D eigenvalue weighted by Gasteiger charge is -2.04. The normalized spacial score (nSPS) is 11.5. The minimum Gasteiger partial charge on any atom is -0.411 e. The highest BCUT2D eigenvalue weighted by atomic mass is 32.1. The first-order valence-electron chi connectivity index (χ1n) is 5.88. The van der Waals surface area contributed by atoms with Crippen LogP contribution < -0.4 is 5.32 Å². The van der Waals surface area contributed by atoms with Crippen molar-refractivity contribution in [2.45, 2.75) is 13.3 Å². The van der Waals surface area contributed by atoms with Gasteiger partial charge in [-0.2, -0.15) is 0 Å². The van der Waals surface area contributed by atoms with Crippen LogP contribution in [0.5, 0.6) is 0 Å². The molecule has 2 N–H and O–H groups in total. The maximum Gasteiger partial charge on any atom is 0.230 e. The molecule has 1 amide bonds. The van der Waals surface area contributed by atoms with Crippen molar-refractivity contribution in [2.24, 2.45) is 5.16 Å². The quantitative estimate of drug-likeness (QED) is 0.518. The summed E-state index contributed by atoms with van der Waals surface area (Å²) in [5.74, 6) is -2.13. The maximum absolute atomic E-state index is 13.4. The highest BCUT2D eigenvalue weighted by molar-refractivity contribution is 7.14. The fourth-order valence-electron chi connectivity index (χ4n) is 1.57. The largest absolute Gasteiger partial charge is 0.411 e. The number of nitrogens with one attached hydrogen (secondary N) is 1. The van der Waals surface area contributed by atoms with Gasteiger partial charge in [0.05, 0.1) is 6.42 Å². The second-order valence-electron chi connectivity index (χ2n) is 4.15. The Bertz CT molecular complexity index is 680. The summed E-state index contributed by atoms with van der Waals surface area (Å²) in [4.78, 5) is 15.8. The van der Waals surface area contributed by atoms with E-state index in [0.29, 0.717) is 11.4 Å². The lowest BCUT2D eigenvalue weighted by molar-refractivity contribution is -0.115. The monoisotopic (exact) mass is 311 g/mol. The van der Waals surface area contributed by atoms with Gasteiger partial charge >= 0.3 is 0 Å². The zero-order valence-electron chi connectivity index (χ0n) is 10.9. The van der Waals surface area contributed by atoms with Crippen molar-refractivity contribution in [1.82, 2.24) is 4.98 Å². The van der Waals surface area contributed by atoms with Gasteiger partial charge in [-0.15, -0.1) is 11.3 Å². The van der Waals surface area contributed by atoms with Gasteiger partial charge < -0.3 is 10.5 Å². The predicted molar refractivity (Wildman–Crippen MR) is 74.8 cm³/mol. The van der Waals surface area contributed by atoms with E-state index in [9.17, 15) is 13.6 Å². The first kappa shape index (κ1) is 15.0. The van der Waals surface area contributed by atoms with Crippen molar-refractivity contribution in [3.63, 3.8) is 0 Å². The Morgan fingerprint density at radius 3 is 2.71 bits per heavy atom. The molecule has 110 valence electrons. The van der Waals surface area contributed by atoms with Crippen LogP contribution in [0.3, 0.4) is 0 Å². The molecule has 0 bridgehead atoms. The Morgan fingerprint density at radius 1 is 1.43 bits per heavy atom. The lowest BCUT2D eigenvalue weighted by atomic mass is 10.1. The summed E-state index contributed by atoms with van der Waals surface area (Å²) in [6.45, 7) is 1.55. The number of anilines is 1. The van der Waals surface area contributed by atoms with Crippen molar-refractivity contribution in [3.8, 4) is 0 Å². The van der Waals surface area contributed by atoms with Crippen molar-refractivity contribution >= 4 is 28.1 Å². The van der Waals surface area contributed by atoms with Gasteiger partial charge in [0.2, 0.25) is 5.91 Å². The van der Waals surface area contributed by atoms with Crippen molar-refractivity contribution in [3.05, 3.63) is 46.5 Å². The molecule has 0 aliphatic carbocycles. The molecule has 0 radical (unpaired) electrons. The van der Waals surface area contributed by atoms with Crippen LogP contribution in [0.4, 0.5) is 13.9 Å². The van der Waals surface area contributed by atoms with E-state index in [1.54, 1.807) is 12.3 Å². The fourth-order valence-corrected chi connectivity index (χ4v) is 2.34. The molecule has 0 saturated carbocycles. The summed E-state index contributed by atoms with van der Waals surface area (Å²) in [5, 5.41) is 15.9. The lowest BCUT2D eigenvalue weighted by Crippen LogP contribution is -2.16. The molecule has 0 saturated heterocycles. The van der Waals surface area contributed by atoms with Crippen LogP contribution in [0, 0.1) is 11.6 Å². The van der Waals surface area contributed by atoms with E-state index in [4.69, 9.17) is 5.21 Å². The second kappa shape index (κ2) is 6.40. The number of hydrogen-bond donors (Lipinski definition) is 2. The third kappa shape index (κ3) is 3.60. The van der Waals surface area contributed by atoms with Gasteiger partial charge in [-0.05, 0) is 19.1 Å². The molecule has 5 nitrogen and oxygen atoms in total. The molecule has 0 spiro atoms. The average Bonchev–Trinajstić information content (AvgIpc) is 2.90. The summed E-state index contributed by atoms with van der Waals surface area (Å²) in [6.07, 6.45) is -0.430. The molecule has 1 aromatic heterocycles. The minimum absolute atomic E-state index is 0.259. The summed E-state index contributed by atoms with van der Waals surface area (Å²) in [7, 11) is 0. The Labute approximate surface area is 122 Å². The highest BCUT2D eigenvalue weighted by Crippen LogP contribution is 2.18. The van der Waals surface area contributed by atoms with Crippen LogP contribution in [0.1, 0.15) is 18.2 Å². The molecular formula is C13H11F2N3O2S. The number of benzene rings is 1. The summed E-state index contributed by atoms with van der Waals surface area (Å²) in [6, 6.07) is 3.42. The predicted octanol–water partition coefficient (Wildman–Crippen LogP) is 2.80. The van der Waals surface area contributed by atoms with Gasteiger partial charge in [0, 0.05) is 10.9 Å². The Hall–Kier alpha value is -2.35. The number of aromatic nitrogens is 1. The molecule has 2 rings (SSSR count). The van der Waals surface area contributed by atoms with E-state index in [1.807, 2.05) is 0 Å². The minimum atomic E-state index is -0.770. The molecule has 8 heteroatoms. The number of thiazole rings is 1. The summed E-state index contributed by atoms with van der Waals surface area (Å²) in [5.41, 5.74) is 0.418. The van der Waals surface area contributed by atoms with Crippen LogP contribution in [-0.2, 0) is 11.2 Å². The van der Waals surface area contributed by atoms with E-state index in [1.165, 1.54) is 6.07 Å². The van der Waals surface area contributed by atoms with E-state index in [-0.39, 0.29) is 10.7 Å². The van der Waals surface area contributed by atoms with Crippen LogP contribution in [0.25, 0.3) is 0 Å². The van der Waals surface area contributed by atoms with Gasteiger partial charge in [0.1, 0.15) is 23.0 Å².